The molecule has 2 unspecified atom stereocenters. The molecule has 0 aromatic rings. The third-order valence-electron chi connectivity index (χ3n) is 2.92. The molecule has 0 aromatic heterocycles. The number of urea groups is 1. The van der Waals surface area contributed by atoms with Crippen molar-refractivity contribution in [2.24, 2.45) is 5.92 Å². The van der Waals surface area contributed by atoms with Gasteiger partial charge in [0, 0.05) is 11.6 Å². The van der Waals surface area contributed by atoms with Crippen molar-refractivity contribution in [2.45, 2.75) is 65.0 Å². The van der Waals surface area contributed by atoms with Crippen molar-refractivity contribution >= 4 is 6.03 Å². The Morgan fingerprint density at radius 2 is 1.80 bits per heavy atom. The summed E-state index contributed by atoms with van der Waals surface area (Å²) in [6.45, 7) is 8.21. The molecule has 15 heavy (non-hydrogen) atoms. The Morgan fingerprint density at radius 3 is 2.33 bits per heavy atom. The topological polar surface area (TPSA) is 41.1 Å². The van der Waals surface area contributed by atoms with Crippen molar-refractivity contribution in [1.82, 2.24) is 10.6 Å². The highest BCUT2D eigenvalue weighted by atomic mass is 16.2. The van der Waals surface area contributed by atoms with Gasteiger partial charge in [-0.05, 0) is 39.5 Å². The van der Waals surface area contributed by atoms with Crippen LogP contribution in [0, 0.1) is 5.92 Å². The predicted octanol–water partition coefficient (Wildman–Crippen LogP) is 2.66. The Kier molecular flexibility index (Phi) is 4.00. The highest BCUT2D eigenvalue weighted by Crippen LogP contribution is 2.23. The predicted molar refractivity (Wildman–Crippen MR) is 62.8 cm³/mol. The fourth-order valence-corrected chi connectivity index (χ4v) is 2.08. The third kappa shape index (κ3) is 4.54. The SMILES string of the molecule is CC1CCCCC1NC(=O)NC(C)(C)C. The zero-order valence-electron chi connectivity index (χ0n) is 10.4. The Hall–Kier alpha value is -0.730. The molecule has 0 heterocycles. The van der Waals surface area contributed by atoms with Crippen LogP contribution < -0.4 is 10.6 Å². The first-order valence-corrected chi connectivity index (χ1v) is 5.97. The fourth-order valence-electron chi connectivity index (χ4n) is 2.08. The molecule has 3 nitrogen and oxygen atoms in total. The van der Waals surface area contributed by atoms with E-state index in [1.165, 1.54) is 19.3 Å². The summed E-state index contributed by atoms with van der Waals surface area (Å²) in [4.78, 5) is 11.7. The van der Waals surface area contributed by atoms with Gasteiger partial charge in [-0.15, -0.1) is 0 Å². The molecule has 88 valence electrons. The molecular weight excluding hydrogens is 188 g/mol. The molecule has 2 N–H and O–H groups in total. The quantitative estimate of drug-likeness (QED) is 0.689. The van der Waals surface area contributed by atoms with E-state index >= 15 is 0 Å². The summed E-state index contributed by atoms with van der Waals surface area (Å²) in [6.07, 6.45) is 4.91. The van der Waals surface area contributed by atoms with Crippen LogP contribution in [-0.4, -0.2) is 17.6 Å². The number of amides is 2. The first kappa shape index (κ1) is 12.3. The first-order valence-electron chi connectivity index (χ1n) is 5.97. The molecule has 0 saturated heterocycles. The van der Waals surface area contributed by atoms with Gasteiger partial charge in [0.1, 0.15) is 0 Å². The summed E-state index contributed by atoms with van der Waals surface area (Å²) in [6, 6.07) is 0.336. The van der Waals surface area contributed by atoms with Crippen LogP contribution in [0.15, 0.2) is 0 Å². The molecule has 0 aliphatic heterocycles. The van der Waals surface area contributed by atoms with E-state index in [-0.39, 0.29) is 11.6 Å². The van der Waals surface area contributed by atoms with Crippen LogP contribution in [-0.2, 0) is 0 Å². The lowest BCUT2D eigenvalue weighted by Crippen LogP contribution is -2.51. The number of hydrogen-bond donors (Lipinski definition) is 2. The smallest absolute Gasteiger partial charge is 0.315 e. The van der Waals surface area contributed by atoms with Gasteiger partial charge in [0.15, 0.2) is 0 Å². The molecule has 0 radical (unpaired) electrons. The second-order valence-electron chi connectivity index (χ2n) is 5.72. The molecule has 1 saturated carbocycles. The molecule has 1 rings (SSSR count). The number of hydrogen-bond acceptors (Lipinski definition) is 1. The average molecular weight is 212 g/mol. The number of carbonyl (C=O) groups is 1. The largest absolute Gasteiger partial charge is 0.335 e. The summed E-state index contributed by atoms with van der Waals surface area (Å²) >= 11 is 0. The molecule has 1 aliphatic carbocycles. The summed E-state index contributed by atoms with van der Waals surface area (Å²) in [5, 5.41) is 6.01. The van der Waals surface area contributed by atoms with Crippen molar-refractivity contribution in [1.29, 1.82) is 0 Å². The van der Waals surface area contributed by atoms with Gasteiger partial charge in [-0.3, -0.25) is 0 Å². The lowest BCUT2D eigenvalue weighted by molar-refractivity contribution is 0.214. The van der Waals surface area contributed by atoms with E-state index in [1.807, 2.05) is 20.8 Å². The summed E-state index contributed by atoms with van der Waals surface area (Å²) in [7, 11) is 0. The Balaban J connectivity index is 2.36. The van der Waals surface area contributed by atoms with E-state index in [1.54, 1.807) is 0 Å². The molecule has 0 bridgehead atoms. The van der Waals surface area contributed by atoms with Crippen LogP contribution in [0.25, 0.3) is 0 Å². The first-order chi connectivity index (χ1) is 6.88. The van der Waals surface area contributed by atoms with Crippen LogP contribution in [0.5, 0.6) is 0 Å². The van der Waals surface area contributed by atoms with Gasteiger partial charge in [-0.2, -0.15) is 0 Å². The van der Waals surface area contributed by atoms with Crippen LogP contribution in [0.2, 0.25) is 0 Å². The normalized spacial score (nSPS) is 27.2. The lowest BCUT2D eigenvalue weighted by atomic mass is 9.86. The van der Waals surface area contributed by atoms with E-state index in [2.05, 4.69) is 17.6 Å². The molecule has 1 aliphatic rings. The minimum absolute atomic E-state index is 0.0266. The van der Waals surface area contributed by atoms with Crippen LogP contribution in [0.4, 0.5) is 4.79 Å². The Bertz CT molecular complexity index is 220. The minimum Gasteiger partial charge on any atom is -0.335 e. The molecule has 0 aromatic carbocycles. The standard InChI is InChI=1S/C12H24N2O/c1-9-7-5-6-8-10(9)13-11(15)14-12(2,3)4/h9-10H,5-8H2,1-4H3,(H2,13,14,15). The van der Waals surface area contributed by atoms with E-state index in [0.29, 0.717) is 12.0 Å². The van der Waals surface area contributed by atoms with E-state index in [4.69, 9.17) is 0 Å². The van der Waals surface area contributed by atoms with Crippen molar-refractivity contribution in [3.05, 3.63) is 0 Å². The highest BCUT2D eigenvalue weighted by Gasteiger charge is 2.24. The Labute approximate surface area is 93.0 Å². The molecule has 3 heteroatoms. The number of rotatable bonds is 1. The van der Waals surface area contributed by atoms with Gasteiger partial charge in [-0.1, -0.05) is 19.8 Å². The number of nitrogens with one attached hydrogen (secondary N) is 2. The maximum Gasteiger partial charge on any atom is 0.315 e. The highest BCUT2D eigenvalue weighted by molar-refractivity contribution is 5.75. The van der Waals surface area contributed by atoms with Crippen molar-refractivity contribution in [2.75, 3.05) is 0 Å². The molecular formula is C12H24N2O. The summed E-state index contributed by atoms with van der Waals surface area (Å²) in [5.74, 6) is 0.615. The van der Waals surface area contributed by atoms with E-state index in [0.717, 1.165) is 6.42 Å². The number of carbonyl (C=O) groups excluding carboxylic acids is 1. The van der Waals surface area contributed by atoms with Gasteiger partial charge in [-0.25, -0.2) is 4.79 Å². The molecule has 2 atom stereocenters. The Morgan fingerprint density at radius 1 is 1.20 bits per heavy atom. The van der Waals surface area contributed by atoms with E-state index < -0.39 is 0 Å². The molecule has 1 fully saturated rings. The lowest BCUT2D eigenvalue weighted by Gasteiger charge is -2.31. The second-order valence-corrected chi connectivity index (χ2v) is 5.72. The molecule has 0 spiro atoms. The van der Waals surface area contributed by atoms with Crippen LogP contribution >= 0.6 is 0 Å². The zero-order chi connectivity index (χ0) is 11.5. The second kappa shape index (κ2) is 4.86. The van der Waals surface area contributed by atoms with Gasteiger partial charge >= 0.3 is 6.03 Å². The third-order valence-corrected chi connectivity index (χ3v) is 2.92. The van der Waals surface area contributed by atoms with Gasteiger partial charge in [0.05, 0.1) is 0 Å². The zero-order valence-corrected chi connectivity index (χ0v) is 10.4. The van der Waals surface area contributed by atoms with Crippen molar-refractivity contribution in [3.63, 3.8) is 0 Å². The molecule has 2 amide bonds. The monoisotopic (exact) mass is 212 g/mol. The maximum absolute atomic E-state index is 11.7. The fraction of sp³-hybridized carbons (Fsp3) is 0.917. The van der Waals surface area contributed by atoms with Gasteiger partial charge < -0.3 is 10.6 Å². The maximum atomic E-state index is 11.7. The summed E-state index contributed by atoms with van der Waals surface area (Å²) < 4.78 is 0. The summed E-state index contributed by atoms with van der Waals surface area (Å²) in [5.41, 5.74) is -0.151. The van der Waals surface area contributed by atoms with Gasteiger partial charge in [0.2, 0.25) is 0 Å². The van der Waals surface area contributed by atoms with E-state index in [9.17, 15) is 4.79 Å². The van der Waals surface area contributed by atoms with Crippen LogP contribution in [0.3, 0.4) is 0 Å². The van der Waals surface area contributed by atoms with Crippen LogP contribution in [0.1, 0.15) is 53.4 Å². The van der Waals surface area contributed by atoms with Crippen molar-refractivity contribution in [3.8, 4) is 0 Å². The van der Waals surface area contributed by atoms with Gasteiger partial charge in [0.25, 0.3) is 0 Å². The average Bonchev–Trinajstić information content (AvgIpc) is 2.05. The minimum atomic E-state index is -0.151. The van der Waals surface area contributed by atoms with Crippen molar-refractivity contribution < 1.29 is 4.79 Å².